The first-order valence-electron chi connectivity index (χ1n) is 2.77. The van der Waals surface area contributed by atoms with Crippen molar-refractivity contribution in [1.82, 2.24) is 9.78 Å². The number of hydrogen-bond donors (Lipinski definition) is 1. The molecule has 0 radical (unpaired) electrons. The summed E-state index contributed by atoms with van der Waals surface area (Å²) in [6, 6.07) is 0. The molecule has 0 atom stereocenters. The van der Waals surface area contributed by atoms with Crippen LogP contribution < -0.4 is 0 Å². The zero-order valence-electron chi connectivity index (χ0n) is 6.16. The van der Waals surface area contributed by atoms with Gasteiger partial charge in [-0.15, -0.1) is 6.20 Å². The minimum atomic E-state index is -0.964. The minimum absolute atomic E-state index is 0. The molecule has 0 saturated carbocycles. The van der Waals surface area contributed by atoms with Crippen LogP contribution in [0.25, 0.3) is 0 Å². The summed E-state index contributed by atoms with van der Waals surface area (Å²) in [6.45, 7) is 1.66. The van der Waals surface area contributed by atoms with Gasteiger partial charge in [-0.25, -0.2) is 0 Å². The average Bonchev–Trinajstić information content (AvgIpc) is 2.11. The zero-order valence-corrected chi connectivity index (χ0v) is 9.09. The van der Waals surface area contributed by atoms with Gasteiger partial charge in [0.15, 0.2) is 0 Å². The van der Waals surface area contributed by atoms with Gasteiger partial charge in [0.05, 0.1) is 0 Å². The number of carboxylic acid groups (broad SMARTS) is 1. The van der Waals surface area contributed by atoms with Crippen molar-refractivity contribution in [3.8, 4) is 0 Å². The zero-order chi connectivity index (χ0) is 7.72. The molecule has 0 amide bonds. The maximum atomic E-state index is 10.4. The van der Waals surface area contributed by atoms with Crippen LogP contribution in [0.5, 0.6) is 0 Å². The van der Waals surface area contributed by atoms with Crippen molar-refractivity contribution in [2.45, 2.75) is 6.92 Å². The van der Waals surface area contributed by atoms with Gasteiger partial charge in [-0.05, 0) is 5.69 Å². The topological polar surface area (TPSA) is 55.1 Å². The molecular formula is C6H7N2O2W-. The fourth-order valence-electron chi connectivity index (χ4n) is 0.794. The van der Waals surface area contributed by atoms with E-state index in [-0.39, 0.29) is 26.8 Å². The number of nitrogens with zero attached hydrogens (tertiary/aromatic N) is 2. The van der Waals surface area contributed by atoms with E-state index in [0.29, 0.717) is 5.56 Å². The van der Waals surface area contributed by atoms with Gasteiger partial charge in [-0.2, -0.15) is 5.56 Å². The maximum absolute atomic E-state index is 10.4. The third-order valence-electron chi connectivity index (χ3n) is 1.25. The maximum Gasteiger partial charge on any atom is 0.269 e. The van der Waals surface area contributed by atoms with Gasteiger partial charge < -0.3 is 14.9 Å². The number of aryl methyl sites for hydroxylation is 2. The normalized spacial score (nSPS) is 8.91. The van der Waals surface area contributed by atoms with Crippen LogP contribution in [0.1, 0.15) is 16.1 Å². The summed E-state index contributed by atoms with van der Waals surface area (Å²) in [7, 11) is 1.58. The fourth-order valence-corrected chi connectivity index (χ4v) is 0.794. The van der Waals surface area contributed by atoms with Crippen molar-refractivity contribution in [2.24, 2.45) is 7.05 Å². The molecule has 4 nitrogen and oxygen atoms in total. The van der Waals surface area contributed by atoms with Crippen LogP contribution in [0, 0.1) is 13.1 Å². The molecule has 0 aliphatic rings. The average molecular weight is 323 g/mol. The van der Waals surface area contributed by atoms with Crippen molar-refractivity contribution in [3.05, 3.63) is 17.5 Å². The Kier molecular flexibility index (Phi) is 3.46. The Balaban J connectivity index is 0.000001000. The van der Waals surface area contributed by atoms with Gasteiger partial charge in [0, 0.05) is 28.1 Å². The van der Waals surface area contributed by atoms with E-state index in [0.717, 1.165) is 0 Å². The van der Waals surface area contributed by atoms with E-state index in [2.05, 4.69) is 11.3 Å². The molecule has 1 rings (SSSR count). The van der Waals surface area contributed by atoms with Crippen molar-refractivity contribution >= 4 is 5.97 Å². The van der Waals surface area contributed by atoms with Gasteiger partial charge in [0.1, 0.15) is 0 Å². The van der Waals surface area contributed by atoms with E-state index in [1.54, 1.807) is 14.0 Å². The molecule has 0 unspecified atom stereocenters. The van der Waals surface area contributed by atoms with Crippen LogP contribution in [0.2, 0.25) is 0 Å². The van der Waals surface area contributed by atoms with Crippen molar-refractivity contribution in [3.63, 3.8) is 0 Å². The Hall–Kier alpha value is -0.632. The van der Waals surface area contributed by atoms with Crippen LogP contribution in [0.15, 0.2) is 0 Å². The minimum Gasteiger partial charge on any atom is -0.490 e. The fraction of sp³-hybridized carbons (Fsp3) is 0.333. The first-order valence-corrected chi connectivity index (χ1v) is 2.77. The van der Waals surface area contributed by atoms with Crippen molar-refractivity contribution in [2.75, 3.05) is 0 Å². The number of aromatic nitrogens is 2. The molecule has 1 aromatic rings. The molecule has 0 aliphatic carbocycles. The van der Waals surface area contributed by atoms with E-state index in [9.17, 15) is 4.79 Å². The third-order valence-corrected chi connectivity index (χ3v) is 1.25. The Labute approximate surface area is 78.5 Å². The van der Waals surface area contributed by atoms with E-state index < -0.39 is 5.97 Å². The Morgan fingerprint density at radius 1 is 1.73 bits per heavy atom. The molecule has 1 N–H and O–H groups in total. The van der Waals surface area contributed by atoms with Crippen molar-refractivity contribution < 1.29 is 31.0 Å². The summed E-state index contributed by atoms with van der Waals surface area (Å²) in [5.41, 5.74) is 0.759. The number of carboxylic acids is 1. The van der Waals surface area contributed by atoms with E-state index in [1.807, 2.05) is 0 Å². The first-order chi connectivity index (χ1) is 4.63. The monoisotopic (exact) mass is 323 g/mol. The van der Waals surface area contributed by atoms with Crippen LogP contribution >= 0.6 is 0 Å². The summed E-state index contributed by atoms with van der Waals surface area (Å²) >= 11 is 0. The summed E-state index contributed by atoms with van der Waals surface area (Å²) < 4.78 is 1.29. The van der Waals surface area contributed by atoms with Crippen LogP contribution in [-0.4, -0.2) is 20.9 Å². The SMILES string of the molecule is Cc1[c-]nn(C)c1C(=O)O.[W]. The summed E-state index contributed by atoms with van der Waals surface area (Å²) in [6.07, 6.45) is 2.55. The number of hydrogen-bond acceptors (Lipinski definition) is 2. The first kappa shape index (κ1) is 10.4. The van der Waals surface area contributed by atoms with Crippen LogP contribution in [0.3, 0.4) is 0 Å². The molecule has 60 valence electrons. The van der Waals surface area contributed by atoms with Gasteiger partial charge in [0.25, 0.3) is 5.97 Å². The second kappa shape index (κ2) is 3.67. The summed E-state index contributed by atoms with van der Waals surface area (Å²) in [4.78, 5) is 10.4. The van der Waals surface area contributed by atoms with E-state index in [4.69, 9.17) is 5.11 Å². The molecule has 11 heavy (non-hydrogen) atoms. The quantitative estimate of drug-likeness (QED) is 0.753. The van der Waals surface area contributed by atoms with Gasteiger partial charge in [0.2, 0.25) is 0 Å². The summed E-state index contributed by atoms with van der Waals surface area (Å²) in [5.74, 6) is -0.964. The number of carbonyl (C=O) groups is 1. The second-order valence-electron chi connectivity index (χ2n) is 2.01. The largest absolute Gasteiger partial charge is 0.490 e. The van der Waals surface area contributed by atoms with E-state index in [1.165, 1.54) is 4.68 Å². The molecule has 1 aromatic heterocycles. The second-order valence-corrected chi connectivity index (χ2v) is 2.01. The van der Waals surface area contributed by atoms with Crippen LogP contribution in [-0.2, 0) is 28.1 Å². The molecular weight excluding hydrogens is 316 g/mol. The Morgan fingerprint density at radius 2 is 2.27 bits per heavy atom. The Morgan fingerprint density at radius 3 is 2.45 bits per heavy atom. The predicted molar refractivity (Wildman–Crippen MR) is 33.7 cm³/mol. The standard InChI is InChI=1S/C6H7N2O2.W/c1-4-3-7-8(2)5(4)6(9)10;/h1-2H3,(H,9,10);/q-1;. The number of aromatic carboxylic acids is 1. The molecule has 1 heterocycles. The molecule has 0 bridgehead atoms. The molecule has 0 aliphatic heterocycles. The molecule has 0 spiro atoms. The molecule has 0 saturated heterocycles. The smallest absolute Gasteiger partial charge is 0.269 e. The van der Waals surface area contributed by atoms with Gasteiger partial charge in [-0.1, -0.05) is 6.92 Å². The van der Waals surface area contributed by atoms with E-state index >= 15 is 0 Å². The Bertz CT molecular complexity index is 250. The predicted octanol–water partition coefficient (Wildman–Crippen LogP) is 0.224. The third kappa shape index (κ3) is 1.90. The molecule has 5 heteroatoms. The van der Waals surface area contributed by atoms with Gasteiger partial charge in [-0.3, -0.25) is 4.79 Å². The van der Waals surface area contributed by atoms with Crippen molar-refractivity contribution in [1.29, 1.82) is 0 Å². The van der Waals surface area contributed by atoms with Gasteiger partial charge >= 0.3 is 0 Å². The number of rotatable bonds is 1. The summed E-state index contributed by atoms with van der Waals surface area (Å²) in [5, 5.41) is 12.2. The van der Waals surface area contributed by atoms with Crippen LogP contribution in [0.4, 0.5) is 0 Å². The molecule has 0 fully saturated rings. The molecule has 0 aromatic carbocycles.